The summed E-state index contributed by atoms with van der Waals surface area (Å²) in [5.74, 6) is -0.191. The second-order valence-corrected chi connectivity index (χ2v) is 10.3. The van der Waals surface area contributed by atoms with Gasteiger partial charge in [-0.25, -0.2) is 13.1 Å². The molecule has 4 aromatic rings. The van der Waals surface area contributed by atoms with E-state index in [0.29, 0.717) is 24.4 Å². The van der Waals surface area contributed by atoms with Gasteiger partial charge in [0.25, 0.3) is 0 Å². The summed E-state index contributed by atoms with van der Waals surface area (Å²) in [4.78, 5) is 16.2. The predicted molar refractivity (Wildman–Crippen MR) is 136 cm³/mol. The molecule has 0 spiro atoms. The minimum absolute atomic E-state index is 0.0798. The zero-order chi connectivity index (χ0) is 24.1. The zero-order valence-electron chi connectivity index (χ0n) is 18.7. The molecule has 34 heavy (non-hydrogen) atoms. The normalized spacial score (nSPS) is 12.5. The Labute approximate surface area is 204 Å². The Morgan fingerprint density at radius 2 is 1.68 bits per heavy atom. The van der Waals surface area contributed by atoms with Crippen LogP contribution < -0.4 is 10.0 Å². The van der Waals surface area contributed by atoms with Crippen molar-refractivity contribution in [3.63, 3.8) is 0 Å². The lowest BCUT2D eigenvalue weighted by Gasteiger charge is -2.19. The van der Waals surface area contributed by atoms with Crippen LogP contribution in [0.4, 0.5) is 0 Å². The summed E-state index contributed by atoms with van der Waals surface area (Å²) in [7, 11) is -2.10. The molecule has 4 rings (SSSR count). The number of halogens is 1. The van der Waals surface area contributed by atoms with Crippen LogP contribution in [0.25, 0.3) is 10.9 Å². The van der Waals surface area contributed by atoms with Crippen molar-refractivity contribution in [3.8, 4) is 0 Å². The van der Waals surface area contributed by atoms with Gasteiger partial charge in [-0.2, -0.15) is 0 Å². The molecule has 0 aliphatic carbocycles. The topological polar surface area (TPSA) is 91.1 Å². The van der Waals surface area contributed by atoms with Crippen molar-refractivity contribution in [2.45, 2.75) is 23.7 Å². The van der Waals surface area contributed by atoms with Crippen molar-refractivity contribution >= 4 is 38.4 Å². The fourth-order valence-electron chi connectivity index (χ4n) is 4.04. The molecule has 0 aliphatic heterocycles. The number of sulfonamides is 1. The molecule has 176 valence electrons. The van der Waals surface area contributed by atoms with Crippen LogP contribution >= 0.6 is 11.6 Å². The maximum absolute atomic E-state index is 12.7. The molecule has 0 saturated heterocycles. The van der Waals surface area contributed by atoms with Crippen LogP contribution in [0.2, 0.25) is 5.02 Å². The molecule has 3 N–H and O–H groups in total. The highest BCUT2D eigenvalue weighted by molar-refractivity contribution is 7.89. The molecule has 1 unspecified atom stereocenters. The van der Waals surface area contributed by atoms with Crippen molar-refractivity contribution in [3.05, 3.63) is 101 Å². The number of hydrogen-bond acceptors (Lipinski definition) is 3. The average Bonchev–Trinajstić information content (AvgIpc) is 3.28. The number of carbonyl (C=O) groups excluding carboxylic acids is 1. The number of para-hydroxylation sites is 1. The number of rotatable bonds is 9. The molecule has 1 atom stereocenters. The molecule has 0 radical (unpaired) electrons. The largest absolute Gasteiger partial charge is 0.361 e. The van der Waals surface area contributed by atoms with Gasteiger partial charge in [-0.15, -0.1) is 0 Å². The SMILES string of the molecule is CNS(=O)(=O)c1ccc(CCC(=O)NCC(c2ccccc2Cl)c2c[nH]c3ccccc23)cc1. The number of hydrogen-bond donors (Lipinski definition) is 3. The number of aromatic amines is 1. The number of carbonyl (C=O) groups is 1. The smallest absolute Gasteiger partial charge is 0.240 e. The second kappa shape index (κ2) is 10.4. The molecule has 1 heterocycles. The molecule has 8 heteroatoms. The fourth-order valence-corrected chi connectivity index (χ4v) is 5.04. The first-order valence-electron chi connectivity index (χ1n) is 11.0. The molecule has 6 nitrogen and oxygen atoms in total. The van der Waals surface area contributed by atoms with Crippen LogP contribution in [0.3, 0.4) is 0 Å². The van der Waals surface area contributed by atoms with Crippen LogP contribution in [0.15, 0.2) is 83.9 Å². The third kappa shape index (κ3) is 5.33. The maximum Gasteiger partial charge on any atom is 0.240 e. The van der Waals surface area contributed by atoms with Crippen molar-refractivity contribution in [1.82, 2.24) is 15.0 Å². The van der Waals surface area contributed by atoms with E-state index in [-0.39, 0.29) is 16.7 Å². The molecule has 0 saturated carbocycles. The molecule has 1 aromatic heterocycles. The molecule has 0 fully saturated rings. The lowest BCUT2D eigenvalue weighted by Crippen LogP contribution is -2.29. The van der Waals surface area contributed by atoms with Gasteiger partial charge in [0.2, 0.25) is 15.9 Å². The lowest BCUT2D eigenvalue weighted by atomic mass is 9.90. The zero-order valence-corrected chi connectivity index (χ0v) is 20.3. The summed E-state index contributed by atoms with van der Waals surface area (Å²) in [6, 6.07) is 22.3. The van der Waals surface area contributed by atoms with Gasteiger partial charge in [0.05, 0.1) is 4.90 Å². The summed E-state index contributed by atoms with van der Waals surface area (Å²) in [5, 5.41) is 4.81. The standard InChI is InChI=1S/C26H26ClN3O3S/c1-28-34(32,33)19-13-10-18(11-14-19)12-15-26(31)30-17-22(20-6-2-4-8-24(20)27)23-16-29-25-9-5-3-7-21(23)25/h2-11,13-14,16,22,28-29H,12,15,17H2,1H3,(H,30,31). The Morgan fingerprint density at radius 3 is 2.41 bits per heavy atom. The van der Waals surface area contributed by atoms with E-state index in [1.54, 1.807) is 24.3 Å². The summed E-state index contributed by atoms with van der Waals surface area (Å²) in [6.45, 7) is 0.407. The van der Waals surface area contributed by atoms with E-state index in [1.807, 2.05) is 48.7 Å². The first-order valence-corrected chi connectivity index (χ1v) is 12.8. The molecular formula is C26H26ClN3O3S. The van der Waals surface area contributed by atoms with Crippen LogP contribution in [0.1, 0.15) is 29.0 Å². The highest BCUT2D eigenvalue weighted by Gasteiger charge is 2.21. The number of fused-ring (bicyclic) bond motifs is 1. The summed E-state index contributed by atoms with van der Waals surface area (Å²) in [6.07, 6.45) is 2.78. The number of aromatic nitrogens is 1. The minimum atomic E-state index is -3.47. The second-order valence-electron chi connectivity index (χ2n) is 8.02. The average molecular weight is 496 g/mol. The van der Waals surface area contributed by atoms with Gasteiger partial charge in [-0.3, -0.25) is 4.79 Å². The third-order valence-corrected chi connectivity index (χ3v) is 7.70. The van der Waals surface area contributed by atoms with Gasteiger partial charge in [-0.05, 0) is 54.4 Å². The van der Waals surface area contributed by atoms with E-state index in [9.17, 15) is 13.2 Å². The molecule has 0 aliphatic rings. The van der Waals surface area contributed by atoms with E-state index >= 15 is 0 Å². The number of aryl methyl sites for hydroxylation is 1. The van der Waals surface area contributed by atoms with Crippen molar-refractivity contribution < 1.29 is 13.2 Å². The fraction of sp³-hybridized carbons (Fsp3) is 0.192. The van der Waals surface area contributed by atoms with Crippen LogP contribution in [-0.4, -0.2) is 32.9 Å². The third-order valence-electron chi connectivity index (χ3n) is 5.92. The van der Waals surface area contributed by atoms with Crippen LogP contribution in [0.5, 0.6) is 0 Å². The van der Waals surface area contributed by atoms with E-state index in [4.69, 9.17) is 11.6 Å². The summed E-state index contributed by atoms with van der Waals surface area (Å²) in [5.41, 5.74) is 3.95. The maximum atomic E-state index is 12.7. The molecular weight excluding hydrogens is 470 g/mol. The van der Waals surface area contributed by atoms with E-state index < -0.39 is 10.0 Å². The van der Waals surface area contributed by atoms with Gasteiger partial charge in [0, 0.05) is 41.0 Å². The summed E-state index contributed by atoms with van der Waals surface area (Å²) >= 11 is 6.53. The van der Waals surface area contributed by atoms with Gasteiger partial charge in [0.15, 0.2) is 0 Å². The monoisotopic (exact) mass is 495 g/mol. The number of nitrogens with one attached hydrogen (secondary N) is 3. The van der Waals surface area contributed by atoms with Crippen LogP contribution in [0, 0.1) is 0 Å². The Balaban J connectivity index is 1.46. The Hall–Kier alpha value is -3.13. The lowest BCUT2D eigenvalue weighted by molar-refractivity contribution is -0.121. The Bertz CT molecular complexity index is 1400. The van der Waals surface area contributed by atoms with Gasteiger partial charge < -0.3 is 10.3 Å². The van der Waals surface area contributed by atoms with Crippen LogP contribution in [-0.2, 0) is 21.2 Å². The quantitative estimate of drug-likeness (QED) is 0.316. The molecule has 0 bridgehead atoms. The van der Waals surface area contributed by atoms with Gasteiger partial charge >= 0.3 is 0 Å². The highest BCUT2D eigenvalue weighted by atomic mass is 35.5. The minimum Gasteiger partial charge on any atom is -0.361 e. The first-order chi connectivity index (χ1) is 16.4. The Morgan fingerprint density at radius 1 is 0.971 bits per heavy atom. The predicted octanol–water partition coefficient (Wildman–Crippen LogP) is 4.61. The molecule has 3 aromatic carbocycles. The first kappa shape index (κ1) is 24.0. The van der Waals surface area contributed by atoms with Crippen molar-refractivity contribution in [2.75, 3.05) is 13.6 Å². The number of amides is 1. The van der Waals surface area contributed by atoms with Gasteiger partial charge in [-0.1, -0.05) is 60.1 Å². The van der Waals surface area contributed by atoms with E-state index in [1.165, 1.54) is 7.05 Å². The van der Waals surface area contributed by atoms with E-state index in [0.717, 1.165) is 27.6 Å². The van der Waals surface area contributed by atoms with Crippen molar-refractivity contribution in [2.24, 2.45) is 0 Å². The highest BCUT2D eigenvalue weighted by Crippen LogP contribution is 2.34. The van der Waals surface area contributed by atoms with E-state index in [2.05, 4.69) is 21.1 Å². The number of benzene rings is 3. The molecule has 1 amide bonds. The van der Waals surface area contributed by atoms with Gasteiger partial charge in [0.1, 0.15) is 0 Å². The van der Waals surface area contributed by atoms with Crippen molar-refractivity contribution in [1.29, 1.82) is 0 Å². The Kier molecular flexibility index (Phi) is 7.36. The summed E-state index contributed by atoms with van der Waals surface area (Å²) < 4.78 is 26.0. The number of H-pyrrole nitrogens is 1.